The van der Waals surface area contributed by atoms with Crippen molar-refractivity contribution in [1.82, 2.24) is 0 Å². The van der Waals surface area contributed by atoms with Crippen LogP contribution in [0.3, 0.4) is 0 Å². The van der Waals surface area contributed by atoms with Crippen LogP contribution in [-0.2, 0) is 0 Å². The van der Waals surface area contributed by atoms with Crippen molar-refractivity contribution in [2.45, 2.75) is 11.0 Å². The molecule has 0 bridgehead atoms. The van der Waals surface area contributed by atoms with Crippen LogP contribution in [0.4, 0.5) is 0 Å². The molecule has 1 aliphatic heterocycles. The molecule has 2 aromatic rings. The van der Waals surface area contributed by atoms with Crippen molar-refractivity contribution in [3.05, 3.63) is 74.4 Å². The quantitative estimate of drug-likeness (QED) is 0.459. The molecule has 1 aliphatic rings. The molecular formula is C16H12ClNO3S. The number of nitro groups is 1. The van der Waals surface area contributed by atoms with Gasteiger partial charge in [-0.25, -0.2) is 0 Å². The van der Waals surface area contributed by atoms with Gasteiger partial charge in [-0.3, -0.25) is 10.1 Å². The third-order valence-electron chi connectivity index (χ3n) is 3.42. The van der Waals surface area contributed by atoms with Gasteiger partial charge in [-0.05, 0) is 36.6 Å². The highest BCUT2D eigenvalue weighted by Crippen LogP contribution is 2.38. The van der Waals surface area contributed by atoms with Crippen LogP contribution in [0.25, 0.3) is 6.08 Å². The summed E-state index contributed by atoms with van der Waals surface area (Å²) in [6.07, 6.45) is 2.78. The highest BCUT2D eigenvalue weighted by molar-refractivity contribution is 7.98. The monoisotopic (exact) mass is 333 g/mol. The molecule has 0 unspecified atom stereocenters. The van der Waals surface area contributed by atoms with Crippen molar-refractivity contribution >= 4 is 29.4 Å². The Kier molecular flexibility index (Phi) is 4.09. The van der Waals surface area contributed by atoms with Crippen molar-refractivity contribution in [2.24, 2.45) is 0 Å². The predicted octanol–water partition coefficient (Wildman–Crippen LogP) is 4.81. The van der Waals surface area contributed by atoms with Crippen LogP contribution < -0.4 is 4.74 Å². The van der Waals surface area contributed by atoms with Crippen LogP contribution in [0.15, 0.2) is 53.1 Å². The van der Waals surface area contributed by atoms with Gasteiger partial charge >= 0.3 is 0 Å². The number of fused-ring (bicyclic) bond motifs is 1. The molecule has 6 heteroatoms. The van der Waals surface area contributed by atoms with Gasteiger partial charge in [-0.2, -0.15) is 0 Å². The maximum absolute atomic E-state index is 11.4. The van der Waals surface area contributed by atoms with Crippen LogP contribution >= 0.6 is 23.4 Å². The predicted molar refractivity (Wildman–Crippen MR) is 88.0 cm³/mol. The van der Waals surface area contributed by atoms with Crippen LogP contribution in [-0.4, -0.2) is 11.2 Å². The Morgan fingerprint density at radius 2 is 1.95 bits per heavy atom. The summed E-state index contributed by atoms with van der Waals surface area (Å²) in [5.74, 6) is 0.592. The SMILES string of the molecule is CSc1ccc([C@@H]2Oc3ccc(Cl)cc3C=C2[N+](=O)[O-])cc1. The molecule has 112 valence electrons. The Morgan fingerprint density at radius 3 is 2.59 bits per heavy atom. The number of halogens is 1. The van der Waals surface area contributed by atoms with Crippen molar-refractivity contribution in [1.29, 1.82) is 0 Å². The molecule has 1 heterocycles. The topological polar surface area (TPSA) is 52.4 Å². The molecule has 0 saturated heterocycles. The number of ether oxygens (including phenoxy) is 1. The fraction of sp³-hybridized carbons (Fsp3) is 0.125. The number of nitrogens with zero attached hydrogens (tertiary/aromatic N) is 1. The van der Waals surface area contributed by atoms with Gasteiger partial charge in [0.1, 0.15) is 5.75 Å². The first-order valence-electron chi connectivity index (χ1n) is 6.54. The van der Waals surface area contributed by atoms with E-state index in [0.29, 0.717) is 16.3 Å². The Hall–Kier alpha value is -1.98. The zero-order valence-corrected chi connectivity index (χ0v) is 13.2. The number of thioether (sulfide) groups is 1. The minimum absolute atomic E-state index is 0.00617. The van der Waals surface area contributed by atoms with E-state index in [4.69, 9.17) is 16.3 Å². The highest BCUT2D eigenvalue weighted by atomic mass is 35.5. The van der Waals surface area contributed by atoms with Crippen LogP contribution in [0.2, 0.25) is 5.02 Å². The zero-order chi connectivity index (χ0) is 15.7. The van der Waals surface area contributed by atoms with Gasteiger partial charge in [-0.1, -0.05) is 23.7 Å². The first-order valence-corrected chi connectivity index (χ1v) is 8.15. The Balaban J connectivity index is 2.04. The molecule has 0 saturated carbocycles. The molecule has 0 radical (unpaired) electrons. The first-order chi connectivity index (χ1) is 10.6. The molecule has 0 spiro atoms. The molecule has 0 aromatic heterocycles. The van der Waals surface area contributed by atoms with E-state index in [2.05, 4.69) is 0 Å². The van der Waals surface area contributed by atoms with Crippen molar-refractivity contribution < 1.29 is 9.66 Å². The molecule has 3 rings (SSSR count). The molecule has 22 heavy (non-hydrogen) atoms. The lowest BCUT2D eigenvalue weighted by Gasteiger charge is -2.22. The lowest BCUT2D eigenvalue weighted by Crippen LogP contribution is -2.19. The standard InChI is InChI=1S/C16H12ClNO3S/c1-22-13-5-2-10(3-6-13)16-14(18(19)20)9-11-8-12(17)4-7-15(11)21-16/h2-9,16H,1H3/t16-/m0/s1. The van der Waals surface area contributed by atoms with E-state index in [1.165, 1.54) is 6.08 Å². The second-order valence-corrected chi connectivity index (χ2v) is 6.10. The summed E-state index contributed by atoms with van der Waals surface area (Å²) in [5, 5.41) is 11.9. The second-order valence-electron chi connectivity index (χ2n) is 4.78. The van der Waals surface area contributed by atoms with Gasteiger partial charge in [-0.15, -0.1) is 11.8 Å². The van der Waals surface area contributed by atoms with E-state index in [1.807, 2.05) is 30.5 Å². The van der Waals surface area contributed by atoms with E-state index in [1.54, 1.807) is 30.0 Å². The molecular weight excluding hydrogens is 322 g/mol. The Bertz CT molecular complexity index is 758. The maximum atomic E-state index is 11.4. The van der Waals surface area contributed by atoms with Gasteiger partial charge in [0.25, 0.3) is 5.70 Å². The third-order valence-corrected chi connectivity index (χ3v) is 4.40. The normalized spacial score (nSPS) is 16.5. The van der Waals surface area contributed by atoms with Crippen molar-refractivity contribution in [3.8, 4) is 5.75 Å². The lowest BCUT2D eigenvalue weighted by atomic mass is 10.0. The van der Waals surface area contributed by atoms with Crippen molar-refractivity contribution in [2.75, 3.05) is 6.26 Å². The van der Waals surface area contributed by atoms with Crippen LogP contribution in [0, 0.1) is 10.1 Å². The van der Waals surface area contributed by atoms with Crippen LogP contribution in [0.1, 0.15) is 17.2 Å². The number of rotatable bonds is 3. The molecule has 0 aliphatic carbocycles. The highest BCUT2D eigenvalue weighted by Gasteiger charge is 2.33. The maximum Gasteiger partial charge on any atom is 0.291 e. The van der Waals surface area contributed by atoms with E-state index in [-0.39, 0.29) is 5.70 Å². The van der Waals surface area contributed by atoms with E-state index < -0.39 is 11.0 Å². The molecule has 1 atom stereocenters. The third kappa shape index (κ3) is 2.82. The molecule has 4 nitrogen and oxygen atoms in total. The van der Waals surface area contributed by atoms with E-state index >= 15 is 0 Å². The Labute approximate surface area is 136 Å². The fourth-order valence-corrected chi connectivity index (χ4v) is 2.92. The first kappa shape index (κ1) is 14.9. The average Bonchev–Trinajstić information content (AvgIpc) is 2.53. The lowest BCUT2D eigenvalue weighted by molar-refractivity contribution is -0.434. The second kappa shape index (κ2) is 6.02. The summed E-state index contributed by atoms with van der Waals surface area (Å²) < 4.78 is 5.85. The van der Waals surface area contributed by atoms with Crippen molar-refractivity contribution in [3.63, 3.8) is 0 Å². The largest absolute Gasteiger partial charge is 0.474 e. The minimum Gasteiger partial charge on any atom is -0.474 e. The molecule has 2 aromatic carbocycles. The summed E-state index contributed by atoms with van der Waals surface area (Å²) >= 11 is 7.55. The summed E-state index contributed by atoms with van der Waals surface area (Å²) in [7, 11) is 0. The number of hydrogen-bond acceptors (Lipinski definition) is 4. The molecule has 0 N–H and O–H groups in total. The Morgan fingerprint density at radius 1 is 1.23 bits per heavy atom. The van der Waals surface area contributed by atoms with E-state index in [9.17, 15) is 10.1 Å². The van der Waals surface area contributed by atoms with Gasteiger partial charge < -0.3 is 4.74 Å². The summed E-state index contributed by atoms with van der Waals surface area (Å²) in [6, 6.07) is 12.7. The van der Waals surface area contributed by atoms with Gasteiger partial charge in [0.05, 0.1) is 4.92 Å². The zero-order valence-electron chi connectivity index (χ0n) is 11.7. The minimum atomic E-state index is -0.723. The van der Waals surface area contributed by atoms with E-state index in [0.717, 1.165) is 10.5 Å². The van der Waals surface area contributed by atoms with Gasteiger partial charge in [0, 0.05) is 27.1 Å². The smallest absolute Gasteiger partial charge is 0.291 e. The molecule has 0 fully saturated rings. The summed E-state index contributed by atoms with van der Waals surface area (Å²) in [6.45, 7) is 0. The molecule has 0 amide bonds. The van der Waals surface area contributed by atoms with Gasteiger partial charge in [0.15, 0.2) is 0 Å². The fourth-order valence-electron chi connectivity index (χ4n) is 2.33. The summed E-state index contributed by atoms with van der Waals surface area (Å²) in [4.78, 5) is 12.1. The summed E-state index contributed by atoms with van der Waals surface area (Å²) in [5.41, 5.74) is 1.38. The number of hydrogen-bond donors (Lipinski definition) is 0. The average molecular weight is 334 g/mol. The van der Waals surface area contributed by atoms with Crippen LogP contribution in [0.5, 0.6) is 5.75 Å². The van der Waals surface area contributed by atoms with Gasteiger partial charge in [0.2, 0.25) is 6.10 Å². The number of benzene rings is 2.